The lowest BCUT2D eigenvalue weighted by Crippen LogP contribution is -2.34. The van der Waals surface area contributed by atoms with Crippen LogP contribution in [0.1, 0.15) is 5.56 Å². The molecule has 0 atom stereocenters. The van der Waals surface area contributed by atoms with E-state index in [0.29, 0.717) is 15.6 Å². The Bertz CT molecular complexity index is 1170. The van der Waals surface area contributed by atoms with Crippen molar-refractivity contribution in [1.82, 2.24) is 5.32 Å². The Morgan fingerprint density at radius 3 is 2.36 bits per heavy atom. The fourth-order valence-electron chi connectivity index (χ4n) is 3.00. The fraction of sp³-hybridized carbons (Fsp3) is 0.0556. The molecule has 2 N–H and O–H groups in total. The van der Waals surface area contributed by atoms with Gasteiger partial charge in [-0.3, -0.25) is 15.0 Å². The molecule has 2 amide bonds. The number of hydrogen-bond donors (Lipinski definition) is 2. The van der Waals surface area contributed by atoms with Gasteiger partial charge in [-0.1, -0.05) is 18.2 Å². The minimum Gasteiger partial charge on any atom is -0.497 e. The summed E-state index contributed by atoms with van der Waals surface area (Å²) in [5, 5.41) is 9.80. The number of benzene rings is 2. The lowest BCUT2D eigenvalue weighted by atomic mass is 10.1. The molecule has 28 heavy (non-hydrogen) atoms. The number of ether oxygens (including phenoxy) is 1. The van der Waals surface area contributed by atoms with E-state index in [1.165, 1.54) is 37.4 Å². The van der Waals surface area contributed by atoms with Crippen LogP contribution in [0.3, 0.4) is 0 Å². The highest BCUT2D eigenvalue weighted by Crippen LogP contribution is 2.44. The molecular weight excluding hydrogens is 402 g/mol. The Morgan fingerprint density at radius 1 is 1.07 bits per heavy atom. The summed E-state index contributed by atoms with van der Waals surface area (Å²) >= 11 is 0.795. The Balaban J connectivity index is 1.89. The van der Waals surface area contributed by atoms with E-state index in [0.717, 1.165) is 11.8 Å². The quantitative estimate of drug-likeness (QED) is 0.740. The summed E-state index contributed by atoms with van der Waals surface area (Å²) in [5.41, 5.74) is 0.465. The Kier molecular flexibility index (Phi) is 4.24. The zero-order valence-electron chi connectivity index (χ0n) is 14.4. The number of amidine groups is 1. The van der Waals surface area contributed by atoms with Crippen molar-refractivity contribution in [1.29, 1.82) is 5.41 Å². The van der Waals surface area contributed by atoms with Gasteiger partial charge in [-0.25, -0.2) is 8.42 Å². The normalized spacial score (nSPS) is 19.0. The van der Waals surface area contributed by atoms with Gasteiger partial charge in [0.25, 0.3) is 21.8 Å². The van der Waals surface area contributed by atoms with Crippen LogP contribution in [0.25, 0.3) is 5.57 Å². The van der Waals surface area contributed by atoms with E-state index >= 15 is 0 Å². The second-order valence-corrected chi connectivity index (χ2v) is 8.66. The first-order valence-corrected chi connectivity index (χ1v) is 10.3. The second-order valence-electron chi connectivity index (χ2n) is 5.86. The average Bonchev–Trinajstić information content (AvgIpc) is 3.16. The molecule has 4 rings (SSSR count). The molecule has 0 aromatic heterocycles. The molecule has 0 unspecified atom stereocenters. The number of amides is 2. The summed E-state index contributed by atoms with van der Waals surface area (Å²) in [6.07, 6.45) is 0. The lowest BCUT2D eigenvalue weighted by Gasteiger charge is -2.17. The van der Waals surface area contributed by atoms with E-state index < -0.39 is 21.8 Å². The Morgan fingerprint density at radius 2 is 1.75 bits per heavy atom. The van der Waals surface area contributed by atoms with Crippen LogP contribution in [0.5, 0.6) is 5.75 Å². The molecule has 8 nitrogen and oxygen atoms in total. The second kappa shape index (κ2) is 6.50. The van der Waals surface area contributed by atoms with E-state index in [1.54, 1.807) is 18.2 Å². The van der Waals surface area contributed by atoms with Crippen molar-refractivity contribution < 1.29 is 22.7 Å². The highest BCUT2D eigenvalue weighted by Gasteiger charge is 2.44. The number of nitrogens with zero attached hydrogens (tertiary/aromatic N) is 1. The number of nitrogens with one attached hydrogen (secondary N) is 2. The van der Waals surface area contributed by atoms with Crippen molar-refractivity contribution in [2.75, 3.05) is 11.4 Å². The fourth-order valence-corrected chi connectivity index (χ4v) is 5.21. The van der Waals surface area contributed by atoms with E-state index in [1.807, 2.05) is 0 Å². The van der Waals surface area contributed by atoms with Gasteiger partial charge in [-0.2, -0.15) is 4.31 Å². The first kappa shape index (κ1) is 18.3. The number of rotatable bonds is 3. The summed E-state index contributed by atoms with van der Waals surface area (Å²) in [6.45, 7) is 0. The maximum Gasteiger partial charge on any atom is 0.274 e. The van der Waals surface area contributed by atoms with Gasteiger partial charge in [0.15, 0.2) is 5.17 Å². The summed E-state index contributed by atoms with van der Waals surface area (Å²) in [6, 6.07) is 12.0. The topological polar surface area (TPSA) is 117 Å². The van der Waals surface area contributed by atoms with E-state index in [-0.39, 0.29) is 26.2 Å². The predicted molar refractivity (Wildman–Crippen MR) is 104 cm³/mol. The minimum absolute atomic E-state index is 0.00915. The molecule has 1 fully saturated rings. The molecular formula is C18H13N3O5S2. The maximum absolute atomic E-state index is 13.2. The maximum atomic E-state index is 13.2. The van der Waals surface area contributed by atoms with Gasteiger partial charge in [0, 0.05) is 5.56 Å². The summed E-state index contributed by atoms with van der Waals surface area (Å²) in [5.74, 6) is -0.950. The number of thioether (sulfide) groups is 1. The van der Waals surface area contributed by atoms with Crippen LogP contribution >= 0.6 is 11.8 Å². The molecule has 0 saturated carbocycles. The van der Waals surface area contributed by atoms with Gasteiger partial charge in [-0.15, -0.1) is 0 Å². The number of methoxy groups -OCH3 is 1. The largest absolute Gasteiger partial charge is 0.497 e. The van der Waals surface area contributed by atoms with Crippen molar-refractivity contribution in [3.05, 3.63) is 59.0 Å². The molecule has 0 bridgehead atoms. The van der Waals surface area contributed by atoms with Gasteiger partial charge >= 0.3 is 0 Å². The standard InChI is InChI=1S/C18H13N3O5S2/c1-26-10-6-8-11(9-7-10)28(24,25)21-13-5-3-2-4-12(13)14(17(21)23)15-16(22)20-18(19)27-15/h2-9H,1H3,(H2,19,20,22). The highest BCUT2D eigenvalue weighted by molar-refractivity contribution is 8.18. The smallest absolute Gasteiger partial charge is 0.274 e. The molecule has 2 aromatic carbocycles. The molecule has 2 aliphatic rings. The van der Waals surface area contributed by atoms with E-state index in [4.69, 9.17) is 10.1 Å². The van der Waals surface area contributed by atoms with Crippen molar-refractivity contribution in [3.8, 4) is 5.75 Å². The molecule has 0 spiro atoms. The Labute approximate surface area is 164 Å². The molecule has 1 saturated heterocycles. The summed E-state index contributed by atoms with van der Waals surface area (Å²) in [4.78, 5) is 25.2. The number of carbonyl (C=O) groups is 2. The van der Waals surface area contributed by atoms with Crippen molar-refractivity contribution in [2.45, 2.75) is 4.90 Å². The zero-order chi connectivity index (χ0) is 20.1. The number of fused-ring (bicyclic) bond motifs is 1. The van der Waals surface area contributed by atoms with Gasteiger partial charge in [-0.05, 0) is 42.1 Å². The molecule has 2 aliphatic heterocycles. The summed E-state index contributed by atoms with van der Waals surface area (Å²) in [7, 11) is -2.76. The summed E-state index contributed by atoms with van der Waals surface area (Å²) < 4.78 is 32.1. The third-order valence-electron chi connectivity index (χ3n) is 4.25. The number of sulfonamides is 1. The van der Waals surface area contributed by atoms with Crippen molar-refractivity contribution >= 4 is 50.0 Å². The molecule has 2 heterocycles. The number of carbonyl (C=O) groups excluding carboxylic acids is 2. The number of para-hydroxylation sites is 1. The third kappa shape index (κ3) is 2.69. The van der Waals surface area contributed by atoms with Crippen LogP contribution < -0.4 is 14.4 Å². The first-order chi connectivity index (χ1) is 13.3. The van der Waals surface area contributed by atoms with Crippen LogP contribution in [0.4, 0.5) is 5.69 Å². The first-order valence-electron chi connectivity index (χ1n) is 7.99. The molecule has 142 valence electrons. The third-order valence-corrected chi connectivity index (χ3v) is 6.86. The zero-order valence-corrected chi connectivity index (χ0v) is 16.1. The van der Waals surface area contributed by atoms with Crippen LogP contribution in [-0.4, -0.2) is 32.5 Å². The highest BCUT2D eigenvalue weighted by atomic mass is 32.2. The Hall–Kier alpha value is -3.11. The van der Waals surface area contributed by atoms with Gasteiger partial charge < -0.3 is 10.1 Å². The van der Waals surface area contributed by atoms with Crippen LogP contribution in [-0.2, 0) is 19.6 Å². The van der Waals surface area contributed by atoms with Crippen molar-refractivity contribution in [2.24, 2.45) is 0 Å². The monoisotopic (exact) mass is 415 g/mol. The lowest BCUT2D eigenvalue weighted by molar-refractivity contribution is -0.116. The SMILES string of the molecule is COc1ccc(S(=O)(=O)N2C(=O)C(=C3SC(=N)NC3=O)c3ccccc32)cc1. The van der Waals surface area contributed by atoms with E-state index in [9.17, 15) is 18.0 Å². The molecule has 2 aromatic rings. The van der Waals surface area contributed by atoms with Gasteiger partial charge in [0.2, 0.25) is 0 Å². The average molecular weight is 415 g/mol. The molecule has 0 aliphatic carbocycles. The van der Waals surface area contributed by atoms with E-state index in [2.05, 4.69) is 5.32 Å². The van der Waals surface area contributed by atoms with Crippen LogP contribution in [0.15, 0.2) is 58.3 Å². The van der Waals surface area contributed by atoms with Gasteiger partial charge in [0.1, 0.15) is 5.75 Å². The number of anilines is 1. The molecule has 0 radical (unpaired) electrons. The van der Waals surface area contributed by atoms with Crippen LogP contribution in [0, 0.1) is 5.41 Å². The van der Waals surface area contributed by atoms with Crippen LogP contribution in [0.2, 0.25) is 0 Å². The molecule has 10 heteroatoms. The van der Waals surface area contributed by atoms with Gasteiger partial charge in [0.05, 0.1) is 28.2 Å². The van der Waals surface area contributed by atoms with Crippen molar-refractivity contribution in [3.63, 3.8) is 0 Å². The minimum atomic E-state index is -4.22. The number of hydrogen-bond acceptors (Lipinski definition) is 7. The predicted octanol–water partition coefficient (Wildman–Crippen LogP) is 1.94.